The van der Waals surface area contributed by atoms with Crippen LogP contribution >= 0.6 is 0 Å². The minimum atomic E-state index is -0.284. The van der Waals surface area contributed by atoms with Crippen LogP contribution in [0.5, 0.6) is 0 Å². The molecular weight excluding hydrogens is 205 g/mol. The Labute approximate surface area is 94.2 Å². The van der Waals surface area contributed by atoms with E-state index in [1.54, 1.807) is 19.1 Å². The lowest BCUT2D eigenvalue weighted by Gasteiger charge is -2.02. The van der Waals surface area contributed by atoms with Crippen molar-refractivity contribution in [3.8, 4) is 0 Å². The van der Waals surface area contributed by atoms with E-state index in [0.29, 0.717) is 6.04 Å². The van der Waals surface area contributed by atoms with Crippen LogP contribution in [0.4, 0.5) is 4.39 Å². The molecule has 1 aliphatic rings. The Kier molecular flexibility index (Phi) is 3.04. The fraction of sp³-hybridized carbons (Fsp3) is 0.308. The molecule has 16 heavy (non-hydrogen) atoms. The number of hydrogen-bond acceptors (Lipinski definition) is 1. The van der Waals surface area contributed by atoms with Crippen molar-refractivity contribution < 1.29 is 9.18 Å². The lowest BCUT2D eigenvalue weighted by Crippen LogP contribution is -2.23. The predicted molar refractivity (Wildman–Crippen MR) is 61.2 cm³/mol. The summed E-state index contributed by atoms with van der Waals surface area (Å²) in [4.78, 5) is 11.5. The van der Waals surface area contributed by atoms with Gasteiger partial charge in [-0.2, -0.15) is 0 Å². The number of halogens is 1. The molecule has 1 N–H and O–H groups in total. The molecule has 0 bridgehead atoms. The van der Waals surface area contributed by atoms with Gasteiger partial charge in [0.25, 0.3) is 0 Å². The van der Waals surface area contributed by atoms with E-state index in [9.17, 15) is 9.18 Å². The number of amides is 1. The topological polar surface area (TPSA) is 29.1 Å². The average molecular weight is 219 g/mol. The van der Waals surface area contributed by atoms with Crippen LogP contribution in [-0.4, -0.2) is 11.9 Å². The Balaban J connectivity index is 2.07. The van der Waals surface area contributed by atoms with Crippen LogP contribution in [-0.2, 0) is 4.79 Å². The van der Waals surface area contributed by atoms with Crippen molar-refractivity contribution >= 4 is 11.5 Å². The SMILES string of the molecule is C/C(=C\C(=O)NC1CC1)c1cccc(F)c1. The zero-order valence-electron chi connectivity index (χ0n) is 9.16. The van der Waals surface area contributed by atoms with E-state index < -0.39 is 0 Å². The first-order valence-corrected chi connectivity index (χ1v) is 5.40. The summed E-state index contributed by atoms with van der Waals surface area (Å²) < 4.78 is 13.0. The molecule has 1 fully saturated rings. The van der Waals surface area contributed by atoms with Crippen molar-refractivity contribution in [2.45, 2.75) is 25.8 Å². The molecule has 0 radical (unpaired) electrons. The van der Waals surface area contributed by atoms with Gasteiger partial charge >= 0.3 is 0 Å². The highest BCUT2D eigenvalue weighted by Gasteiger charge is 2.22. The van der Waals surface area contributed by atoms with E-state index in [1.807, 2.05) is 0 Å². The molecule has 0 spiro atoms. The molecular formula is C13H14FNO. The van der Waals surface area contributed by atoms with E-state index in [0.717, 1.165) is 24.0 Å². The largest absolute Gasteiger partial charge is 0.350 e. The second-order valence-electron chi connectivity index (χ2n) is 4.12. The molecule has 0 unspecified atom stereocenters. The molecule has 2 rings (SSSR count). The molecule has 84 valence electrons. The highest BCUT2D eigenvalue weighted by molar-refractivity contribution is 5.95. The van der Waals surface area contributed by atoms with E-state index in [-0.39, 0.29) is 11.7 Å². The lowest BCUT2D eigenvalue weighted by atomic mass is 10.1. The van der Waals surface area contributed by atoms with Crippen molar-refractivity contribution in [3.63, 3.8) is 0 Å². The first-order chi connectivity index (χ1) is 7.65. The van der Waals surface area contributed by atoms with Gasteiger partial charge in [0, 0.05) is 12.1 Å². The van der Waals surface area contributed by atoms with Crippen LogP contribution in [0.15, 0.2) is 30.3 Å². The number of benzene rings is 1. The molecule has 0 saturated heterocycles. The molecule has 0 aliphatic heterocycles. The van der Waals surface area contributed by atoms with Crippen LogP contribution in [0, 0.1) is 5.82 Å². The van der Waals surface area contributed by atoms with Crippen LogP contribution in [0.25, 0.3) is 5.57 Å². The van der Waals surface area contributed by atoms with E-state index in [1.165, 1.54) is 18.2 Å². The molecule has 1 aliphatic carbocycles. The summed E-state index contributed by atoms with van der Waals surface area (Å²) in [6.07, 6.45) is 3.66. The number of carbonyl (C=O) groups excluding carboxylic acids is 1. The Morgan fingerprint density at radius 1 is 1.50 bits per heavy atom. The number of allylic oxidation sites excluding steroid dienone is 1. The third-order valence-corrected chi connectivity index (χ3v) is 2.55. The minimum absolute atomic E-state index is 0.0933. The van der Waals surface area contributed by atoms with Crippen molar-refractivity contribution in [2.24, 2.45) is 0 Å². The monoisotopic (exact) mass is 219 g/mol. The fourth-order valence-electron chi connectivity index (χ4n) is 1.48. The molecule has 3 heteroatoms. The molecule has 1 amide bonds. The first-order valence-electron chi connectivity index (χ1n) is 5.40. The highest BCUT2D eigenvalue weighted by Crippen LogP contribution is 2.19. The van der Waals surface area contributed by atoms with Crippen LogP contribution < -0.4 is 5.32 Å². The van der Waals surface area contributed by atoms with Gasteiger partial charge in [0.15, 0.2) is 0 Å². The third kappa shape index (κ3) is 2.92. The van der Waals surface area contributed by atoms with Crippen molar-refractivity contribution in [2.75, 3.05) is 0 Å². The summed E-state index contributed by atoms with van der Waals surface area (Å²) in [5.74, 6) is -0.378. The third-order valence-electron chi connectivity index (χ3n) is 2.55. The number of carbonyl (C=O) groups is 1. The smallest absolute Gasteiger partial charge is 0.244 e. The standard InChI is InChI=1S/C13H14FNO/c1-9(7-13(16)15-12-5-6-12)10-3-2-4-11(14)8-10/h2-4,7-8,12H,5-6H2,1H3,(H,15,16)/b9-7+. The quantitative estimate of drug-likeness (QED) is 0.777. The van der Waals surface area contributed by atoms with Gasteiger partial charge in [-0.1, -0.05) is 12.1 Å². The molecule has 2 nitrogen and oxygen atoms in total. The van der Waals surface area contributed by atoms with Gasteiger partial charge < -0.3 is 5.32 Å². The second-order valence-corrected chi connectivity index (χ2v) is 4.12. The Morgan fingerprint density at radius 3 is 2.88 bits per heavy atom. The number of nitrogens with one attached hydrogen (secondary N) is 1. The highest BCUT2D eigenvalue weighted by atomic mass is 19.1. The summed E-state index contributed by atoms with van der Waals surface area (Å²) >= 11 is 0. The predicted octanol–water partition coefficient (Wildman–Crippen LogP) is 2.51. The maximum Gasteiger partial charge on any atom is 0.244 e. The van der Waals surface area contributed by atoms with Crippen molar-refractivity contribution in [1.82, 2.24) is 5.32 Å². The van der Waals surface area contributed by atoms with Crippen molar-refractivity contribution in [1.29, 1.82) is 0 Å². The fourth-order valence-corrected chi connectivity index (χ4v) is 1.48. The first kappa shape index (κ1) is 10.9. The molecule has 1 aromatic rings. The van der Waals surface area contributed by atoms with E-state index in [2.05, 4.69) is 5.32 Å². The minimum Gasteiger partial charge on any atom is -0.350 e. The van der Waals surface area contributed by atoms with E-state index in [4.69, 9.17) is 0 Å². The maximum absolute atomic E-state index is 13.0. The Bertz CT molecular complexity index is 435. The van der Waals surface area contributed by atoms with Gasteiger partial charge in [0.05, 0.1) is 0 Å². The van der Waals surface area contributed by atoms with Gasteiger partial charge in [0.2, 0.25) is 5.91 Å². The summed E-state index contributed by atoms with van der Waals surface area (Å²) in [6, 6.07) is 6.60. The van der Waals surface area contributed by atoms with Gasteiger partial charge in [0.1, 0.15) is 5.82 Å². The molecule has 1 saturated carbocycles. The number of hydrogen-bond donors (Lipinski definition) is 1. The molecule has 1 aromatic carbocycles. The second kappa shape index (κ2) is 4.47. The Hall–Kier alpha value is -1.64. The molecule has 0 aromatic heterocycles. The lowest BCUT2D eigenvalue weighted by molar-refractivity contribution is -0.116. The summed E-state index contributed by atoms with van der Waals surface area (Å²) in [7, 11) is 0. The van der Waals surface area contributed by atoms with Crippen LogP contribution in [0.3, 0.4) is 0 Å². The summed E-state index contributed by atoms with van der Waals surface area (Å²) in [6.45, 7) is 1.81. The van der Waals surface area contributed by atoms with Gasteiger partial charge in [-0.25, -0.2) is 4.39 Å². The van der Waals surface area contributed by atoms with Crippen molar-refractivity contribution in [3.05, 3.63) is 41.7 Å². The van der Waals surface area contributed by atoms with Gasteiger partial charge in [-0.15, -0.1) is 0 Å². The normalized spacial score (nSPS) is 16.0. The molecule has 0 heterocycles. The summed E-state index contributed by atoms with van der Waals surface area (Å²) in [5, 5.41) is 2.86. The van der Waals surface area contributed by atoms with Crippen LogP contribution in [0.2, 0.25) is 0 Å². The molecule has 0 atom stereocenters. The van der Waals surface area contributed by atoms with Gasteiger partial charge in [-0.3, -0.25) is 4.79 Å². The zero-order chi connectivity index (χ0) is 11.5. The van der Waals surface area contributed by atoms with Crippen LogP contribution in [0.1, 0.15) is 25.3 Å². The number of rotatable bonds is 3. The van der Waals surface area contributed by atoms with Gasteiger partial charge in [-0.05, 0) is 43.0 Å². The summed E-state index contributed by atoms with van der Waals surface area (Å²) in [5.41, 5.74) is 1.52. The zero-order valence-corrected chi connectivity index (χ0v) is 9.16. The average Bonchev–Trinajstić information content (AvgIpc) is 3.01. The Morgan fingerprint density at radius 2 is 2.25 bits per heavy atom. The van der Waals surface area contributed by atoms with E-state index >= 15 is 0 Å². The maximum atomic E-state index is 13.0.